The molecule has 0 aliphatic heterocycles. The number of nitrogens with zero attached hydrogens (tertiary/aromatic N) is 1. The fraction of sp³-hybridized carbons (Fsp3) is 0.385. The maximum Gasteiger partial charge on any atom is 0.338 e. The molecule has 0 amide bonds. The molecule has 0 saturated carbocycles. The first-order valence-corrected chi connectivity index (χ1v) is 6.51. The van der Waals surface area contributed by atoms with Crippen LogP contribution < -0.4 is 0 Å². The van der Waals surface area contributed by atoms with E-state index >= 15 is 0 Å². The quantitative estimate of drug-likeness (QED) is 0.780. The molecule has 3 nitrogen and oxygen atoms in total. The lowest BCUT2D eigenvalue weighted by Crippen LogP contribution is -2.03. The number of ether oxygens (including phenoxy) is 1. The van der Waals surface area contributed by atoms with Crippen molar-refractivity contribution in [3.63, 3.8) is 0 Å². The van der Waals surface area contributed by atoms with Gasteiger partial charge >= 0.3 is 5.97 Å². The smallest absolute Gasteiger partial charge is 0.338 e. The van der Waals surface area contributed by atoms with E-state index in [-0.39, 0.29) is 5.97 Å². The molecule has 0 spiro atoms. The summed E-state index contributed by atoms with van der Waals surface area (Å²) in [4.78, 5) is 16.1. The number of aromatic nitrogens is 1. The Morgan fingerprint density at radius 2 is 2.24 bits per heavy atom. The first-order valence-electron chi connectivity index (χ1n) is 5.69. The Labute approximate surface area is 104 Å². The number of rotatable bonds is 3. The number of hydrogen-bond acceptors (Lipinski definition) is 4. The molecule has 0 radical (unpaired) electrons. The number of esters is 1. The predicted octanol–water partition coefficient (Wildman–Crippen LogP) is 3.60. The van der Waals surface area contributed by atoms with Gasteiger partial charge in [0.1, 0.15) is 0 Å². The van der Waals surface area contributed by atoms with Gasteiger partial charge in [0, 0.05) is 5.92 Å². The second-order valence-electron chi connectivity index (χ2n) is 4.11. The van der Waals surface area contributed by atoms with Crippen molar-refractivity contribution in [1.29, 1.82) is 0 Å². The largest absolute Gasteiger partial charge is 0.462 e. The molecule has 90 valence electrons. The molecule has 1 heterocycles. The van der Waals surface area contributed by atoms with Crippen LogP contribution in [-0.2, 0) is 4.74 Å². The van der Waals surface area contributed by atoms with Crippen LogP contribution in [0.2, 0.25) is 0 Å². The van der Waals surface area contributed by atoms with Crippen LogP contribution in [0.3, 0.4) is 0 Å². The van der Waals surface area contributed by atoms with Crippen LogP contribution in [0, 0.1) is 0 Å². The van der Waals surface area contributed by atoms with Crippen molar-refractivity contribution in [3.8, 4) is 0 Å². The average molecular weight is 249 g/mol. The highest BCUT2D eigenvalue weighted by Gasteiger charge is 2.11. The van der Waals surface area contributed by atoms with E-state index in [4.69, 9.17) is 4.74 Å². The van der Waals surface area contributed by atoms with E-state index in [1.54, 1.807) is 24.3 Å². The number of carbonyl (C=O) groups is 1. The van der Waals surface area contributed by atoms with E-state index in [0.29, 0.717) is 18.1 Å². The van der Waals surface area contributed by atoms with E-state index < -0.39 is 0 Å². The molecular weight excluding hydrogens is 234 g/mol. The highest BCUT2D eigenvalue weighted by molar-refractivity contribution is 7.18. The molecule has 0 aliphatic carbocycles. The zero-order chi connectivity index (χ0) is 12.4. The third kappa shape index (κ3) is 2.47. The third-order valence-electron chi connectivity index (χ3n) is 2.41. The van der Waals surface area contributed by atoms with Gasteiger partial charge in [0.05, 0.1) is 27.4 Å². The van der Waals surface area contributed by atoms with Crippen molar-refractivity contribution >= 4 is 27.5 Å². The molecule has 17 heavy (non-hydrogen) atoms. The Bertz CT molecular complexity index is 545. The molecule has 0 N–H and O–H groups in total. The molecule has 0 atom stereocenters. The lowest BCUT2D eigenvalue weighted by atomic mass is 10.2. The minimum atomic E-state index is -0.270. The number of fused-ring (bicyclic) bond motifs is 1. The zero-order valence-corrected chi connectivity index (χ0v) is 11.0. The predicted molar refractivity (Wildman–Crippen MR) is 69.7 cm³/mol. The number of benzene rings is 1. The monoisotopic (exact) mass is 249 g/mol. The summed E-state index contributed by atoms with van der Waals surface area (Å²) < 4.78 is 6.02. The minimum absolute atomic E-state index is 0.270. The van der Waals surface area contributed by atoms with E-state index in [0.717, 1.165) is 15.2 Å². The van der Waals surface area contributed by atoms with Crippen LogP contribution in [0.4, 0.5) is 0 Å². The maximum atomic E-state index is 11.6. The summed E-state index contributed by atoms with van der Waals surface area (Å²) in [6.45, 7) is 6.44. The molecule has 1 aromatic heterocycles. The summed E-state index contributed by atoms with van der Waals surface area (Å²) in [5.41, 5.74) is 1.55. The first-order chi connectivity index (χ1) is 8.11. The number of thiazole rings is 1. The van der Waals surface area contributed by atoms with Crippen molar-refractivity contribution < 1.29 is 9.53 Å². The van der Waals surface area contributed by atoms with E-state index in [1.165, 1.54) is 0 Å². The van der Waals surface area contributed by atoms with E-state index in [2.05, 4.69) is 18.8 Å². The molecule has 4 heteroatoms. The summed E-state index contributed by atoms with van der Waals surface area (Å²) >= 11 is 1.64. The fourth-order valence-corrected chi connectivity index (χ4v) is 2.54. The van der Waals surface area contributed by atoms with Crippen molar-refractivity contribution in [1.82, 2.24) is 4.98 Å². The van der Waals surface area contributed by atoms with Gasteiger partial charge in [-0.25, -0.2) is 9.78 Å². The van der Waals surface area contributed by atoms with Crippen molar-refractivity contribution in [3.05, 3.63) is 28.8 Å². The minimum Gasteiger partial charge on any atom is -0.462 e. The molecule has 0 bridgehead atoms. The van der Waals surface area contributed by atoms with Crippen LogP contribution in [0.5, 0.6) is 0 Å². The Hall–Kier alpha value is -1.42. The van der Waals surface area contributed by atoms with Crippen molar-refractivity contribution in [2.75, 3.05) is 6.61 Å². The van der Waals surface area contributed by atoms with Gasteiger partial charge in [-0.15, -0.1) is 11.3 Å². The fourth-order valence-electron chi connectivity index (χ4n) is 1.53. The molecule has 0 unspecified atom stereocenters. The van der Waals surface area contributed by atoms with Gasteiger partial charge < -0.3 is 4.74 Å². The highest BCUT2D eigenvalue weighted by Crippen LogP contribution is 2.28. The Morgan fingerprint density at radius 3 is 2.88 bits per heavy atom. The molecule has 0 aliphatic rings. The molecule has 0 fully saturated rings. The molecule has 2 rings (SSSR count). The first kappa shape index (κ1) is 12.0. The van der Waals surface area contributed by atoms with Gasteiger partial charge in [0.25, 0.3) is 0 Å². The van der Waals surface area contributed by atoms with Gasteiger partial charge in [0.2, 0.25) is 0 Å². The van der Waals surface area contributed by atoms with Crippen LogP contribution >= 0.6 is 11.3 Å². The normalized spacial score (nSPS) is 11.1. The van der Waals surface area contributed by atoms with Crippen molar-refractivity contribution in [2.45, 2.75) is 26.7 Å². The molecular formula is C13H15NO2S. The Kier molecular flexibility index (Phi) is 3.43. The van der Waals surface area contributed by atoms with Crippen LogP contribution in [0.1, 0.15) is 42.1 Å². The average Bonchev–Trinajstić information content (AvgIpc) is 2.71. The van der Waals surface area contributed by atoms with Crippen molar-refractivity contribution in [2.24, 2.45) is 0 Å². The lowest BCUT2D eigenvalue weighted by molar-refractivity contribution is 0.0526. The summed E-state index contributed by atoms with van der Waals surface area (Å²) in [7, 11) is 0. The Morgan fingerprint density at radius 1 is 1.47 bits per heavy atom. The summed E-state index contributed by atoms with van der Waals surface area (Å²) in [5.74, 6) is 0.146. The van der Waals surface area contributed by atoms with Gasteiger partial charge in [-0.3, -0.25) is 0 Å². The molecule has 2 aromatic rings. The second-order valence-corrected chi connectivity index (χ2v) is 5.17. The van der Waals surface area contributed by atoms with Gasteiger partial charge in [-0.1, -0.05) is 13.8 Å². The van der Waals surface area contributed by atoms with Gasteiger partial charge in [-0.2, -0.15) is 0 Å². The van der Waals surface area contributed by atoms with E-state index in [9.17, 15) is 4.79 Å². The Balaban J connectivity index is 2.40. The lowest BCUT2D eigenvalue weighted by Gasteiger charge is -2.00. The summed E-state index contributed by atoms with van der Waals surface area (Å²) in [6.07, 6.45) is 0. The third-order valence-corrected chi connectivity index (χ3v) is 3.73. The SMILES string of the molecule is CCOC(=O)c1ccc2nc(C(C)C)sc2c1. The van der Waals surface area contributed by atoms with Crippen LogP contribution in [-0.4, -0.2) is 17.6 Å². The summed E-state index contributed by atoms with van der Waals surface area (Å²) in [5, 5.41) is 1.10. The highest BCUT2D eigenvalue weighted by atomic mass is 32.1. The molecule has 0 saturated heterocycles. The number of hydrogen-bond donors (Lipinski definition) is 0. The summed E-state index contributed by atoms with van der Waals surface area (Å²) in [6, 6.07) is 5.50. The van der Waals surface area contributed by atoms with Crippen LogP contribution in [0.15, 0.2) is 18.2 Å². The standard InChI is InChI=1S/C13H15NO2S/c1-4-16-13(15)9-5-6-10-11(7-9)17-12(14-10)8(2)3/h5-8H,4H2,1-3H3. The van der Waals surface area contributed by atoms with E-state index in [1.807, 2.05) is 12.1 Å². The van der Waals surface area contributed by atoms with Crippen LogP contribution in [0.25, 0.3) is 10.2 Å². The maximum absolute atomic E-state index is 11.6. The number of carbonyl (C=O) groups excluding carboxylic acids is 1. The topological polar surface area (TPSA) is 39.2 Å². The van der Waals surface area contributed by atoms with Gasteiger partial charge in [0.15, 0.2) is 0 Å². The second kappa shape index (κ2) is 4.84. The zero-order valence-electron chi connectivity index (χ0n) is 10.2. The van der Waals surface area contributed by atoms with Gasteiger partial charge in [-0.05, 0) is 25.1 Å². The molecule has 1 aromatic carbocycles.